The van der Waals surface area contributed by atoms with Crippen molar-refractivity contribution < 1.29 is 24.2 Å². The van der Waals surface area contributed by atoms with Gasteiger partial charge in [0.15, 0.2) is 0 Å². The summed E-state index contributed by atoms with van der Waals surface area (Å²) in [6.45, 7) is 2.74. The summed E-state index contributed by atoms with van der Waals surface area (Å²) in [7, 11) is 0. The Balaban J connectivity index is 1.26. The minimum atomic E-state index is -0.899. The highest BCUT2D eigenvalue weighted by Crippen LogP contribution is 2.44. The van der Waals surface area contributed by atoms with Gasteiger partial charge in [0.1, 0.15) is 6.61 Å². The second-order valence-electron chi connectivity index (χ2n) is 9.04. The monoisotopic (exact) mass is 480 g/mol. The second-order valence-corrected chi connectivity index (χ2v) is 9.04. The highest BCUT2D eigenvalue weighted by atomic mass is 16.5. The maximum Gasteiger partial charge on any atom is 0.407 e. The predicted molar refractivity (Wildman–Crippen MR) is 135 cm³/mol. The summed E-state index contributed by atoms with van der Waals surface area (Å²) in [6.07, 6.45) is 5.07. The van der Waals surface area contributed by atoms with E-state index in [1.807, 2.05) is 31.2 Å². The number of rotatable bonds is 14. The van der Waals surface area contributed by atoms with Gasteiger partial charge in [-0.2, -0.15) is 0 Å². The lowest BCUT2D eigenvalue weighted by atomic mass is 9.98. The molecule has 0 unspecified atom stereocenters. The first-order chi connectivity index (χ1) is 17.0. The van der Waals surface area contributed by atoms with Crippen molar-refractivity contribution in [3.8, 4) is 11.1 Å². The molecule has 3 rings (SSSR count). The second kappa shape index (κ2) is 13.5. The predicted octanol–water partition coefficient (Wildman–Crippen LogP) is 5.24. The van der Waals surface area contributed by atoms with Crippen molar-refractivity contribution in [1.29, 1.82) is 0 Å². The van der Waals surface area contributed by atoms with E-state index in [-0.39, 0.29) is 24.3 Å². The molecule has 2 aromatic rings. The zero-order valence-electron chi connectivity index (χ0n) is 20.4. The van der Waals surface area contributed by atoms with Gasteiger partial charge in [-0.25, -0.2) is 4.79 Å². The summed E-state index contributed by atoms with van der Waals surface area (Å²) in [6, 6.07) is 16.2. The molecule has 1 atom stereocenters. The van der Waals surface area contributed by atoms with Gasteiger partial charge in [-0.3, -0.25) is 9.59 Å². The van der Waals surface area contributed by atoms with Crippen molar-refractivity contribution in [3.63, 3.8) is 0 Å². The number of carbonyl (C=O) groups excluding carboxylic acids is 2. The molecular weight excluding hydrogens is 444 g/mol. The van der Waals surface area contributed by atoms with Gasteiger partial charge in [-0.05, 0) is 41.5 Å². The zero-order chi connectivity index (χ0) is 25.0. The Morgan fingerprint density at radius 1 is 0.914 bits per heavy atom. The topological polar surface area (TPSA) is 105 Å². The third-order valence-electron chi connectivity index (χ3n) is 6.47. The third-order valence-corrected chi connectivity index (χ3v) is 6.47. The van der Waals surface area contributed by atoms with E-state index >= 15 is 0 Å². The number of unbranched alkanes of at least 4 members (excludes halogenated alkanes) is 4. The Morgan fingerprint density at radius 3 is 2.14 bits per heavy atom. The van der Waals surface area contributed by atoms with E-state index in [4.69, 9.17) is 9.84 Å². The van der Waals surface area contributed by atoms with Gasteiger partial charge in [-0.15, -0.1) is 0 Å². The standard InChI is InChI=1S/C28H36N2O5/c1-2-20(18-27(32)33)30-26(31)16-6-4-3-5-11-17-29-28(34)35-19-25-23-14-9-7-12-21(23)22-13-8-10-15-24(22)25/h7-10,12-15,20,25H,2-6,11,16-19H2,1H3,(H,29,34)(H,30,31)(H,32,33)/t20-/m1/s1. The first kappa shape index (κ1) is 26.3. The van der Waals surface area contributed by atoms with Crippen LogP contribution in [0.2, 0.25) is 0 Å². The fraction of sp³-hybridized carbons (Fsp3) is 0.464. The molecule has 2 amide bonds. The smallest absolute Gasteiger partial charge is 0.407 e. The number of amides is 2. The zero-order valence-corrected chi connectivity index (χ0v) is 20.4. The van der Waals surface area contributed by atoms with E-state index in [9.17, 15) is 14.4 Å². The van der Waals surface area contributed by atoms with Gasteiger partial charge in [0.25, 0.3) is 0 Å². The molecule has 7 nitrogen and oxygen atoms in total. The molecule has 0 saturated heterocycles. The lowest BCUT2D eigenvalue weighted by Crippen LogP contribution is -2.35. The molecule has 0 aliphatic heterocycles. The Kier molecular flexibility index (Phi) is 10.1. The SMILES string of the molecule is CC[C@H](CC(=O)O)NC(=O)CCCCCCCNC(=O)OCC1c2ccccc2-c2ccccc21. The van der Waals surface area contributed by atoms with Crippen LogP contribution in [0.4, 0.5) is 4.79 Å². The molecule has 0 radical (unpaired) electrons. The number of alkyl carbamates (subject to hydrolysis) is 1. The Bertz CT molecular complexity index is 961. The molecule has 0 saturated carbocycles. The molecule has 7 heteroatoms. The van der Waals surface area contributed by atoms with Crippen molar-refractivity contribution >= 4 is 18.0 Å². The van der Waals surface area contributed by atoms with E-state index in [1.165, 1.54) is 22.3 Å². The molecule has 2 aromatic carbocycles. The van der Waals surface area contributed by atoms with Gasteiger partial charge in [0.05, 0.1) is 6.42 Å². The number of carboxylic acids is 1. The largest absolute Gasteiger partial charge is 0.481 e. The van der Waals surface area contributed by atoms with Gasteiger partial charge < -0.3 is 20.5 Å². The molecule has 0 fully saturated rings. The Hall–Kier alpha value is -3.35. The fourth-order valence-electron chi connectivity index (χ4n) is 4.59. The van der Waals surface area contributed by atoms with E-state index in [0.717, 1.165) is 32.1 Å². The number of carbonyl (C=O) groups is 3. The Labute approximate surface area is 207 Å². The summed E-state index contributed by atoms with van der Waals surface area (Å²) < 4.78 is 5.54. The first-order valence-corrected chi connectivity index (χ1v) is 12.6. The van der Waals surface area contributed by atoms with E-state index in [0.29, 0.717) is 26.0 Å². The number of fused-ring (bicyclic) bond motifs is 3. The molecule has 1 aliphatic rings. The van der Waals surface area contributed by atoms with Crippen molar-refractivity contribution in [3.05, 3.63) is 59.7 Å². The maximum absolute atomic E-state index is 12.2. The maximum atomic E-state index is 12.2. The van der Waals surface area contributed by atoms with Crippen LogP contribution in [-0.4, -0.2) is 42.3 Å². The molecule has 0 aromatic heterocycles. The van der Waals surface area contributed by atoms with Crippen LogP contribution >= 0.6 is 0 Å². The highest BCUT2D eigenvalue weighted by Gasteiger charge is 2.28. The molecule has 35 heavy (non-hydrogen) atoms. The molecule has 0 heterocycles. The van der Waals surface area contributed by atoms with Crippen molar-refractivity contribution in [2.75, 3.05) is 13.2 Å². The number of hydrogen-bond donors (Lipinski definition) is 3. The van der Waals surface area contributed by atoms with Gasteiger partial charge in [0.2, 0.25) is 5.91 Å². The summed E-state index contributed by atoms with van der Waals surface area (Å²) >= 11 is 0. The molecule has 188 valence electrons. The van der Waals surface area contributed by atoms with Crippen molar-refractivity contribution in [1.82, 2.24) is 10.6 Å². The van der Waals surface area contributed by atoms with E-state index in [2.05, 4.69) is 34.9 Å². The highest BCUT2D eigenvalue weighted by molar-refractivity contribution is 5.79. The average molecular weight is 481 g/mol. The Morgan fingerprint density at radius 2 is 1.51 bits per heavy atom. The third kappa shape index (κ3) is 7.84. The summed E-state index contributed by atoms with van der Waals surface area (Å²) in [5, 5.41) is 14.5. The number of carboxylic acid groups (broad SMARTS) is 1. The van der Waals surface area contributed by atoms with Crippen LogP contribution in [0.1, 0.15) is 75.3 Å². The van der Waals surface area contributed by atoms with Crippen LogP contribution in [-0.2, 0) is 14.3 Å². The molecular formula is C28H36N2O5. The lowest BCUT2D eigenvalue weighted by Gasteiger charge is -2.15. The molecule has 1 aliphatic carbocycles. The van der Waals surface area contributed by atoms with Crippen LogP contribution in [0.25, 0.3) is 11.1 Å². The number of benzene rings is 2. The normalized spacial score (nSPS) is 12.9. The number of aliphatic carboxylic acids is 1. The van der Waals surface area contributed by atoms with E-state index < -0.39 is 12.1 Å². The number of hydrogen-bond acceptors (Lipinski definition) is 4. The summed E-state index contributed by atoms with van der Waals surface area (Å²) in [4.78, 5) is 34.9. The summed E-state index contributed by atoms with van der Waals surface area (Å²) in [5.41, 5.74) is 4.81. The lowest BCUT2D eigenvalue weighted by molar-refractivity contribution is -0.137. The number of ether oxygens (including phenoxy) is 1. The van der Waals surface area contributed by atoms with Crippen LogP contribution in [0.3, 0.4) is 0 Å². The van der Waals surface area contributed by atoms with Crippen LogP contribution in [0, 0.1) is 0 Å². The van der Waals surface area contributed by atoms with Crippen LogP contribution in [0.15, 0.2) is 48.5 Å². The fourth-order valence-corrected chi connectivity index (χ4v) is 4.59. The quantitative estimate of drug-likeness (QED) is 0.321. The van der Waals surface area contributed by atoms with E-state index in [1.54, 1.807) is 0 Å². The minimum absolute atomic E-state index is 0.0427. The molecule has 3 N–H and O–H groups in total. The molecule has 0 spiro atoms. The average Bonchev–Trinajstić information content (AvgIpc) is 3.17. The van der Waals surface area contributed by atoms with Crippen molar-refractivity contribution in [2.24, 2.45) is 0 Å². The van der Waals surface area contributed by atoms with Crippen molar-refractivity contribution in [2.45, 2.75) is 70.3 Å². The summed E-state index contributed by atoms with van der Waals surface area (Å²) in [5.74, 6) is -0.930. The van der Waals surface area contributed by atoms with Gasteiger partial charge >= 0.3 is 12.1 Å². The van der Waals surface area contributed by atoms with Crippen LogP contribution < -0.4 is 10.6 Å². The van der Waals surface area contributed by atoms with Gasteiger partial charge in [0, 0.05) is 24.9 Å². The first-order valence-electron chi connectivity index (χ1n) is 12.6. The molecule has 0 bridgehead atoms. The minimum Gasteiger partial charge on any atom is -0.481 e. The van der Waals surface area contributed by atoms with Crippen LogP contribution in [0.5, 0.6) is 0 Å². The van der Waals surface area contributed by atoms with Gasteiger partial charge in [-0.1, -0.05) is 74.7 Å². The number of nitrogens with one attached hydrogen (secondary N) is 2.